The van der Waals surface area contributed by atoms with Gasteiger partial charge in [-0.05, 0) is 30.7 Å². The maximum absolute atomic E-state index is 12.1. The molecule has 0 atom stereocenters. The van der Waals surface area contributed by atoms with Gasteiger partial charge in [-0.25, -0.2) is 9.67 Å². The van der Waals surface area contributed by atoms with Crippen LogP contribution in [-0.2, 0) is 11.3 Å². The number of hydrogen-bond donors (Lipinski definition) is 1. The third-order valence-corrected chi connectivity index (χ3v) is 3.41. The van der Waals surface area contributed by atoms with E-state index >= 15 is 0 Å². The highest BCUT2D eigenvalue weighted by atomic mass is 16.2. The smallest absolute Gasteiger partial charge is 0.267 e. The van der Waals surface area contributed by atoms with Gasteiger partial charge >= 0.3 is 0 Å². The molecule has 2 heterocycles. The van der Waals surface area contributed by atoms with Crippen molar-refractivity contribution in [1.82, 2.24) is 14.8 Å². The maximum Gasteiger partial charge on any atom is 0.267 e. The van der Waals surface area contributed by atoms with Gasteiger partial charge in [-0.15, -0.1) is 0 Å². The van der Waals surface area contributed by atoms with E-state index in [-0.39, 0.29) is 18.0 Å². The van der Waals surface area contributed by atoms with Gasteiger partial charge in [0, 0.05) is 17.8 Å². The SMILES string of the molecule is Cc1ccnc(NC(=O)Cn2nc(-c3ccccc3)ccc2=O)c1. The summed E-state index contributed by atoms with van der Waals surface area (Å²) in [7, 11) is 0. The van der Waals surface area contributed by atoms with E-state index in [0.29, 0.717) is 11.5 Å². The van der Waals surface area contributed by atoms with E-state index in [2.05, 4.69) is 15.4 Å². The minimum atomic E-state index is -0.354. The zero-order valence-corrected chi connectivity index (χ0v) is 13.1. The molecular formula is C18H16N4O2. The predicted octanol–water partition coefficient (Wildman–Crippen LogP) is 2.25. The number of rotatable bonds is 4. The molecule has 1 amide bonds. The quantitative estimate of drug-likeness (QED) is 0.800. The van der Waals surface area contributed by atoms with Gasteiger partial charge in [-0.2, -0.15) is 5.10 Å². The Morgan fingerprint density at radius 1 is 1.12 bits per heavy atom. The molecule has 1 N–H and O–H groups in total. The van der Waals surface area contributed by atoms with Crippen molar-refractivity contribution in [3.05, 3.63) is 76.7 Å². The van der Waals surface area contributed by atoms with Crippen molar-refractivity contribution in [2.24, 2.45) is 0 Å². The van der Waals surface area contributed by atoms with Crippen LogP contribution in [0.5, 0.6) is 0 Å². The number of carbonyl (C=O) groups is 1. The fourth-order valence-electron chi connectivity index (χ4n) is 2.25. The standard InChI is InChI=1S/C18H16N4O2/c1-13-9-10-19-16(11-13)20-17(23)12-22-18(24)8-7-15(21-22)14-5-3-2-4-6-14/h2-11H,12H2,1H3,(H,19,20,23). The largest absolute Gasteiger partial charge is 0.309 e. The number of benzene rings is 1. The summed E-state index contributed by atoms with van der Waals surface area (Å²) in [5.41, 5.74) is 2.17. The molecule has 0 bridgehead atoms. The molecule has 0 saturated heterocycles. The van der Waals surface area contributed by atoms with Crippen LogP contribution in [0.2, 0.25) is 0 Å². The Kier molecular flexibility index (Phi) is 4.47. The summed E-state index contributed by atoms with van der Waals surface area (Å²) in [5.74, 6) is 0.0974. The van der Waals surface area contributed by atoms with Crippen LogP contribution in [0.1, 0.15) is 5.56 Å². The third-order valence-electron chi connectivity index (χ3n) is 3.41. The lowest BCUT2D eigenvalue weighted by molar-refractivity contribution is -0.117. The molecule has 24 heavy (non-hydrogen) atoms. The molecule has 0 radical (unpaired) electrons. The maximum atomic E-state index is 12.1. The van der Waals surface area contributed by atoms with Gasteiger partial charge in [0.25, 0.3) is 5.56 Å². The van der Waals surface area contributed by atoms with Crippen molar-refractivity contribution < 1.29 is 4.79 Å². The van der Waals surface area contributed by atoms with Crippen LogP contribution in [0.3, 0.4) is 0 Å². The molecule has 1 aromatic carbocycles. The van der Waals surface area contributed by atoms with Crippen LogP contribution in [-0.4, -0.2) is 20.7 Å². The molecule has 0 unspecified atom stereocenters. The van der Waals surface area contributed by atoms with Crippen LogP contribution in [0, 0.1) is 6.92 Å². The highest BCUT2D eigenvalue weighted by Gasteiger charge is 2.09. The lowest BCUT2D eigenvalue weighted by atomic mass is 10.1. The Morgan fingerprint density at radius 2 is 1.92 bits per heavy atom. The minimum absolute atomic E-state index is 0.171. The first-order chi connectivity index (χ1) is 11.6. The first-order valence-corrected chi connectivity index (χ1v) is 7.48. The molecule has 6 nitrogen and oxygen atoms in total. The molecule has 2 aromatic heterocycles. The Balaban J connectivity index is 1.79. The van der Waals surface area contributed by atoms with E-state index in [0.717, 1.165) is 15.8 Å². The third kappa shape index (κ3) is 3.73. The lowest BCUT2D eigenvalue weighted by Crippen LogP contribution is -2.29. The van der Waals surface area contributed by atoms with Crippen molar-refractivity contribution >= 4 is 11.7 Å². The van der Waals surface area contributed by atoms with Gasteiger partial charge in [0.15, 0.2) is 0 Å². The zero-order chi connectivity index (χ0) is 16.9. The summed E-state index contributed by atoms with van der Waals surface area (Å²) in [6.45, 7) is 1.74. The molecule has 0 fully saturated rings. The van der Waals surface area contributed by atoms with Crippen molar-refractivity contribution in [3.8, 4) is 11.3 Å². The van der Waals surface area contributed by atoms with E-state index in [9.17, 15) is 9.59 Å². The molecule has 6 heteroatoms. The zero-order valence-electron chi connectivity index (χ0n) is 13.1. The summed E-state index contributed by atoms with van der Waals surface area (Å²) in [6.07, 6.45) is 1.62. The summed E-state index contributed by atoms with van der Waals surface area (Å²) in [4.78, 5) is 28.2. The van der Waals surface area contributed by atoms with E-state index in [1.54, 1.807) is 18.3 Å². The van der Waals surface area contributed by atoms with E-state index in [1.807, 2.05) is 43.3 Å². The molecule has 120 valence electrons. The molecular weight excluding hydrogens is 304 g/mol. The molecule has 3 aromatic rings. The second-order valence-electron chi connectivity index (χ2n) is 5.35. The van der Waals surface area contributed by atoms with Crippen LogP contribution in [0.15, 0.2) is 65.6 Å². The number of amides is 1. The van der Waals surface area contributed by atoms with Gasteiger partial charge in [0.05, 0.1) is 5.69 Å². The number of aromatic nitrogens is 3. The average molecular weight is 320 g/mol. The second kappa shape index (κ2) is 6.87. The summed E-state index contributed by atoms with van der Waals surface area (Å²) < 4.78 is 1.15. The van der Waals surface area contributed by atoms with Gasteiger partial charge in [0.2, 0.25) is 5.91 Å². The minimum Gasteiger partial charge on any atom is -0.309 e. The van der Waals surface area contributed by atoms with Crippen molar-refractivity contribution in [2.75, 3.05) is 5.32 Å². The van der Waals surface area contributed by atoms with Crippen LogP contribution in [0.4, 0.5) is 5.82 Å². The number of carbonyl (C=O) groups excluding carboxylic acids is 1. The monoisotopic (exact) mass is 320 g/mol. The number of aryl methyl sites for hydroxylation is 1. The lowest BCUT2D eigenvalue weighted by Gasteiger charge is -2.08. The molecule has 3 rings (SSSR count). The fourth-order valence-corrected chi connectivity index (χ4v) is 2.25. The van der Waals surface area contributed by atoms with Crippen molar-refractivity contribution in [1.29, 1.82) is 0 Å². The van der Waals surface area contributed by atoms with Crippen molar-refractivity contribution in [3.63, 3.8) is 0 Å². The van der Waals surface area contributed by atoms with Gasteiger partial charge in [0.1, 0.15) is 12.4 Å². The Labute approximate surface area is 138 Å². The molecule has 0 saturated carbocycles. The summed E-state index contributed by atoms with van der Waals surface area (Å²) >= 11 is 0. The first-order valence-electron chi connectivity index (χ1n) is 7.48. The fraction of sp³-hybridized carbons (Fsp3) is 0.111. The molecule has 0 aliphatic rings. The van der Waals surface area contributed by atoms with Crippen molar-refractivity contribution in [2.45, 2.75) is 13.5 Å². The first kappa shape index (κ1) is 15.6. The molecule has 0 spiro atoms. The van der Waals surface area contributed by atoms with Gasteiger partial charge in [-0.3, -0.25) is 9.59 Å². The highest BCUT2D eigenvalue weighted by molar-refractivity contribution is 5.89. The second-order valence-corrected chi connectivity index (χ2v) is 5.35. The molecule has 0 aliphatic heterocycles. The van der Waals surface area contributed by atoms with Crippen LogP contribution >= 0.6 is 0 Å². The van der Waals surface area contributed by atoms with Gasteiger partial charge < -0.3 is 5.32 Å². The van der Waals surface area contributed by atoms with E-state index in [1.165, 1.54) is 6.07 Å². The van der Waals surface area contributed by atoms with E-state index in [4.69, 9.17) is 0 Å². The average Bonchev–Trinajstić information content (AvgIpc) is 2.57. The van der Waals surface area contributed by atoms with Gasteiger partial charge in [-0.1, -0.05) is 30.3 Å². The Hall–Kier alpha value is -3.28. The number of pyridine rings is 1. The summed E-state index contributed by atoms with van der Waals surface area (Å²) in [6, 6.07) is 16.1. The number of nitrogens with one attached hydrogen (secondary N) is 1. The van der Waals surface area contributed by atoms with Crippen LogP contribution < -0.4 is 10.9 Å². The predicted molar refractivity (Wildman–Crippen MR) is 91.5 cm³/mol. The molecule has 0 aliphatic carbocycles. The van der Waals surface area contributed by atoms with E-state index < -0.39 is 0 Å². The Morgan fingerprint density at radius 3 is 2.67 bits per heavy atom. The summed E-state index contributed by atoms with van der Waals surface area (Å²) in [5, 5.41) is 6.93. The number of anilines is 1. The normalized spacial score (nSPS) is 10.4. The Bertz CT molecular complexity index is 920. The highest BCUT2D eigenvalue weighted by Crippen LogP contribution is 2.14. The van der Waals surface area contributed by atoms with Crippen LogP contribution in [0.25, 0.3) is 11.3 Å². The topological polar surface area (TPSA) is 76.9 Å². The number of nitrogens with zero attached hydrogens (tertiary/aromatic N) is 3. The number of hydrogen-bond acceptors (Lipinski definition) is 4.